The Morgan fingerprint density at radius 2 is 1.95 bits per heavy atom. The average molecular weight is 288 g/mol. The van der Waals surface area contributed by atoms with Crippen molar-refractivity contribution in [3.63, 3.8) is 0 Å². The molecule has 0 saturated heterocycles. The Hall–Kier alpha value is -0.980. The van der Waals surface area contributed by atoms with Gasteiger partial charge in [-0.05, 0) is 54.7 Å². The minimum atomic E-state index is 0.330. The lowest BCUT2D eigenvalue weighted by atomic mass is 9.55. The van der Waals surface area contributed by atoms with Gasteiger partial charge in [0.2, 0.25) is 0 Å². The Labute approximate surface area is 131 Å². The minimum absolute atomic E-state index is 0.330. The predicted molar refractivity (Wildman–Crippen MR) is 90.9 cm³/mol. The fourth-order valence-electron chi connectivity index (χ4n) is 4.55. The van der Waals surface area contributed by atoms with E-state index in [0.717, 1.165) is 17.6 Å². The van der Waals surface area contributed by atoms with Crippen LogP contribution in [0.5, 0.6) is 5.75 Å². The van der Waals surface area contributed by atoms with Gasteiger partial charge in [0.1, 0.15) is 5.75 Å². The van der Waals surface area contributed by atoms with Crippen LogP contribution in [-0.4, -0.2) is 7.11 Å². The number of benzene rings is 1. The summed E-state index contributed by atoms with van der Waals surface area (Å²) in [6.07, 6.45) is 6.82. The van der Waals surface area contributed by atoms with E-state index in [9.17, 15) is 0 Å². The van der Waals surface area contributed by atoms with Crippen molar-refractivity contribution < 1.29 is 4.74 Å². The van der Waals surface area contributed by atoms with E-state index in [1.54, 1.807) is 7.11 Å². The van der Waals surface area contributed by atoms with Gasteiger partial charge in [-0.15, -0.1) is 0 Å². The zero-order valence-corrected chi connectivity index (χ0v) is 14.5. The summed E-state index contributed by atoms with van der Waals surface area (Å²) in [5.74, 6) is 3.25. The van der Waals surface area contributed by atoms with Gasteiger partial charge in [0.25, 0.3) is 0 Å². The van der Waals surface area contributed by atoms with Gasteiger partial charge in [0.05, 0.1) is 7.11 Å². The molecule has 2 unspecified atom stereocenters. The fourth-order valence-corrected chi connectivity index (χ4v) is 4.55. The second-order valence-electron chi connectivity index (χ2n) is 7.50. The van der Waals surface area contributed by atoms with Gasteiger partial charge in [-0.25, -0.2) is 0 Å². The van der Waals surface area contributed by atoms with E-state index in [-0.39, 0.29) is 0 Å². The molecule has 0 aliphatic heterocycles. The van der Waals surface area contributed by atoms with E-state index >= 15 is 0 Å². The molecule has 0 radical (unpaired) electrons. The Kier molecular flexibility index (Phi) is 5.35. The zero-order valence-electron chi connectivity index (χ0n) is 14.5. The first-order valence-electron chi connectivity index (χ1n) is 8.65. The summed E-state index contributed by atoms with van der Waals surface area (Å²) in [7, 11) is 1.77. The predicted octanol–water partition coefficient (Wildman–Crippen LogP) is 5.83. The molecule has 21 heavy (non-hydrogen) atoms. The monoisotopic (exact) mass is 288 g/mol. The number of rotatable bonds is 5. The number of hydrogen-bond acceptors (Lipinski definition) is 1. The van der Waals surface area contributed by atoms with Crippen LogP contribution in [-0.2, 0) is 5.41 Å². The molecule has 1 saturated carbocycles. The summed E-state index contributed by atoms with van der Waals surface area (Å²) in [6.45, 7) is 9.56. The van der Waals surface area contributed by atoms with Crippen molar-refractivity contribution in [3.05, 3.63) is 29.8 Å². The van der Waals surface area contributed by atoms with Crippen LogP contribution in [0.25, 0.3) is 0 Å². The molecule has 1 aliphatic carbocycles. The molecule has 2 rings (SSSR count). The van der Waals surface area contributed by atoms with E-state index in [4.69, 9.17) is 4.74 Å². The molecule has 0 heterocycles. The highest BCUT2D eigenvalue weighted by molar-refractivity contribution is 5.35. The lowest BCUT2D eigenvalue weighted by Crippen LogP contribution is -2.43. The normalized spacial score (nSPS) is 26.3. The van der Waals surface area contributed by atoms with Crippen LogP contribution in [0.2, 0.25) is 0 Å². The van der Waals surface area contributed by atoms with Gasteiger partial charge in [-0.3, -0.25) is 0 Å². The Morgan fingerprint density at radius 1 is 1.19 bits per heavy atom. The topological polar surface area (TPSA) is 9.23 Å². The van der Waals surface area contributed by atoms with Gasteiger partial charge in [0.15, 0.2) is 0 Å². The highest BCUT2D eigenvalue weighted by Crippen LogP contribution is 2.51. The van der Waals surface area contributed by atoms with Crippen LogP contribution in [0.3, 0.4) is 0 Å². The summed E-state index contributed by atoms with van der Waals surface area (Å²) in [5, 5.41) is 0. The first-order chi connectivity index (χ1) is 10.0. The molecule has 0 amide bonds. The third kappa shape index (κ3) is 3.27. The minimum Gasteiger partial charge on any atom is -0.497 e. The molecule has 1 fully saturated rings. The number of hydrogen-bond donors (Lipinski definition) is 0. The molecule has 1 nitrogen and oxygen atoms in total. The van der Waals surface area contributed by atoms with Crippen molar-refractivity contribution in [1.82, 2.24) is 0 Å². The van der Waals surface area contributed by atoms with Gasteiger partial charge in [-0.2, -0.15) is 0 Å². The highest BCUT2D eigenvalue weighted by Gasteiger charge is 2.44. The maximum atomic E-state index is 5.49. The largest absolute Gasteiger partial charge is 0.497 e. The Morgan fingerprint density at radius 3 is 2.57 bits per heavy atom. The maximum absolute atomic E-state index is 5.49. The van der Waals surface area contributed by atoms with Crippen molar-refractivity contribution in [2.24, 2.45) is 17.8 Å². The summed E-state index contributed by atoms with van der Waals surface area (Å²) in [4.78, 5) is 0. The molecule has 118 valence electrons. The zero-order chi connectivity index (χ0) is 15.5. The van der Waals surface area contributed by atoms with Gasteiger partial charge in [0, 0.05) is 5.41 Å². The average Bonchev–Trinajstić information content (AvgIpc) is 2.47. The van der Waals surface area contributed by atoms with Crippen LogP contribution >= 0.6 is 0 Å². The van der Waals surface area contributed by atoms with Crippen LogP contribution in [0.1, 0.15) is 65.4 Å². The van der Waals surface area contributed by atoms with Crippen LogP contribution in [0.4, 0.5) is 0 Å². The molecular formula is C20H32O. The summed E-state index contributed by atoms with van der Waals surface area (Å²) < 4.78 is 5.49. The summed E-state index contributed by atoms with van der Waals surface area (Å²) in [5.41, 5.74) is 1.83. The maximum Gasteiger partial charge on any atom is 0.119 e. The van der Waals surface area contributed by atoms with Crippen molar-refractivity contribution in [2.45, 2.75) is 65.2 Å². The smallest absolute Gasteiger partial charge is 0.119 e. The SMILES string of the molecule is COc1cccc(C2(C(C)C)CCCCC2CC(C)C)c1. The van der Waals surface area contributed by atoms with Crippen LogP contribution in [0, 0.1) is 17.8 Å². The first kappa shape index (κ1) is 16.4. The molecule has 0 spiro atoms. The molecule has 2 atom stereocenters. The molecule has 1 heteroatoms. The van der Waals surface area contributed by atoms with Crippen molar-refractivity contribution in [3.8, 4) is 5.75 Å². The first-order valence-corrected chi connectivity index (χ1v) is 8.65. The molecule has 1 aliphatic rings. The van der Waals surface area contributed by atoms with E-state index < -0.39 is 0 Å². The summed E-state index contributed by atoms with van der Waals surface area (Å²) >= 11 is 0. The Balaban J connectivity index is 2.45. The second-order valence-corrected chi connectivity index (χ2v) is 7.50. The van der Waals surface area contributed by atoms with Gasteiger partial charge in [-0.1, -0.05) is 52.7 Å². The van der Waals surface area contributed by atoms with Gasteiger partial charge >= 0.3 is 0 Å². The van der Waals surface area contributed by atoms with Gasteiger partial charge < -0.3 is 4.74 Å². The van der Waals surface area contributed by atoms with Crippen molar-refractivity contribution in [1.29, 1.82) is 0 Å². The number of methoxy groups -OCH3 is 1. The fraction of sp³-hybridized carbons (Fsp3) is 0.700. The molecule has 1 aromatic rings. The molecule has 0 N–H and O–H groups in total. The number of ether oxygens (including phenoxy) is 1. The third-order valence-corrected chi connectivity index (χ3v) is 5.51. The Bertz CT molecular complexity index is 449. The van der Waals surface area contributed by atoms with Crippen molar-refractivity contribution in [2.75, 3.05) is 7.11 Å². The second kappa shape index (κ2) is 6.85. The molecule has 0 aromatic heterocycles. The van der Waals surface area contributed by atoms with E-state index in [0.29, 0.717) is 11.3 Å². The van der Waals surface area contributed by atoms with E-state index in [1.807, 2.05) is 0 Å². The van der Waals surface area contributed by atoms with Crippen molar-refractivity contribution >= 4 is 0 Å². The van der Waals surface area contributed by atoms with E-state index in [1.165, 1.54) is 37.7 Å². The standard InChI is InChI=1S/C20H32O/c1-15(2)13-17-9-6-7-12-20(17,16(3)4)18-10-8-11-19(14-18)21-5/h8,10-11,14-17H,6-7,9,12-13H2,1-5H3. The molecular weight excluding hydrogens is 256 g/mol. The van der Waals surface area contributed by atoms with Crippen LogP contribution < -0.4 is 4.74 Å². The lowest BCUT2D eigenvalue weighted by molar-refractivity contribution is 0.108. The third-order valence-electron chi connectivity index (χ3n) is 5.51. The van der Waals surface area contributed by atoms with E-state index in [2.05, 4.69) is 52.0 Å². The van der Waals surface area contributed by atoms with Crippen LogP contribution in [0.15, 0.2) is 24.3 Å². The lowest BCUT2D eigenvalue weighted by Gasteiger charge is -2.49. The molecule has 1 aromatic carbocycles. The highest BCUT2D eigenvalue weighted by atomic mass is 16.5. The quantitative estimate of drug-likeness (QED) is 0.663. The molecule has 0 bridgehead atoms. The summed E-state index contributed by atoms with van der Waals surface area (Å²) in [6, 6.07) is 8.86.